The summed E-state index contributed by atoms with van der Waals surface area (Å²) in [5.74, 6) is -0.221. The summed E-state index contributed by atoms with van der Waals surface area (Å²) in [7, 11) is 0. The van der Waals surface area contributed by atoms with Gasteiger partial charge in [-0.2, -0.15) is 15.2 Å². The lowest BCUT2D eigenvalue weighted by Crippen LogP contribution is -2.21. The molecule has 0 bridgehead atoms. The Morgan fingerprint density at radius 3 is 2.46 bits per heavy atom. The number of carbonyl (C=O) groups is 1. The molecule has 5 rings (SSSR count). The SMILES string of the molecule is CC1=NN(c2cccc(Cl)c2)C(=O)/C1=C\c1cn(Cc2ccc(Cl)c(Cl)c2)nc1-c1ccccc1. The number of hydrogen-bond acceptors (Lipinski definition) is 3. The maximum atomic E-state index is 13.3. The van der Waals surface area contributed by atoms with Gasteiger partial charge in [0.05, 0.1) is 39.3 Å². The molecule has 0 saturated carbocycles. The summed E-state index contributed by atoms with van der Waals surface area (Å²) >= 11 is 18.4. The van der Waals surface area contributed by atoms with E-state index >= 15 is 0 Å². The number of amides is 1. The number of carbonyl (C=O) groups excluding carboxylic acids is 1. The lowest BCUT2D eigenvalue weighted by atomic mass is 10.0. The van der Waals surface area contributed by atoms with Crippen molar-refractivity contribution in [2.24, 2.45) is 5.10 Å². The van der Waals surface area contributed by atoms with Crippen molar-refractivity contribution in [2.75, 3.05) is 5.01 Å². The number of nitrogens with zero attached hydrogens (tertiary/aromatic N) is 4. The summed E-state index contributed by atoms with van der Waals surface area (Å²) in [6.07, 6.45) is 3.76. The standard InChI is InChI=1S/C27H19Cl3N4O/c1-17-23(27(35)34(31-17)22-9-5-8-21(28)14-22)13-20-16-33(15-18-10-11-24(29)25(30)12-18)32-26(20)19-6-3-2-4-7-19/h2-14,16H,15H2,1H3/b23-13-. The van der Waals surface area contributed by atoms with Gasteiger partial charge in [0.25, 0.3) is 5.91 Å². The molecule has 2 heterocycles. The average Bonchev–Trinajstić information content (AvgIpc) is 3.37. The Balaban J connectivity index is 1.53. The zero-order valence-electron chi connectivity index (χ0n) is 18.6. The van der Waals surface area contributed by atoms with Crippen LogP contribution in [0.4, 0.5) is 5.69 Å². The molecule has 0 N–H and O–H groups in total. The summed E-state index contributed by atoms with van der Waals surface area (Å²) < 4.78 is 1.83. The quantitative estimate of drug-likeness (QED) is 0.258. The van der Waals surface area contributed by atoms with E-state index in [9.17, 15) is 4.79 Å². The fraction of sp³-hybridized carbons (Fsp3) is 0.0741. The van der Waals surface area contributed by atoms with E-state index in [2.05, 4.69) is 5.10 Å². The summed E-state index contributed by atoms with van der Waals surface area (Å²) in [5.41, 5.74) is 5.20. The van der Waals surface area contributed by atoms with E-state index in [4.69, 9.17) is 39.9 Å². The highest BCUT2D eigenvalue weighted by atomic mass is 35.5. The molecule has 0 fully saturated rings. The molecule has 4 aromatic rings. The van der Waals surface area contributed by atoms with E-state index in [1.807, 2.05) is 66.3 Å². The minimum Gasteiger partial charge on any atom is -0.267 e. The summed E-state index contributed by atoms with van der Waals surface area (Å²) in [5, 5.41) is 12.2. The van der Waals surface area contributed by atoms with Crippen LogP contribution >= 0.6 is 34.8 Å². The van der Waals surface area contributed by atoms with Crippen LogP contribution in [-0.4, -0.2) is 21.4 Å². The van der Waals surface area contributed by atoms with E-state index < -0.39 is 0 Å². The number of hydrazone groups is 1. The first-order valence-corrected chi connectivity index (χ1v) is 12.0. The second kappa shape index (κ2) is 9.70. The molecule has 0 aliphatic carbocycles. The van der Waals surface area contributed by atoms with Crippen LogP contribution in [0.15, 0.2) is 89.7 Å². The monoisotopic (exact) mass is 520 g/mol. The maximum Gasteiger partial charge on any atom is 0.280 e. The Morgan fingerprint density at radius 2 is 1.71 bits per heavy atom. The van der Waals surface area contributed by atoms with Crippen LogP contribution in [0.3, 0.4) is 0 Å². The molecule has 0 unspecified atom stereocenters. The number of rotatable bonds is 5. The van der Waals surface area contributed by atoms with Crippen molar-refractivity contribution in [3.63, 3.8) is 0 Å². The molecular formula is C27H19Cl3N4O. The summed E-state index contributed by atoms with van der Waals surface area (Å²) in [4.78, 5) is 13.3. The fourth-order valence-electron chi connectivity index (χ4n) is 3.89. The molecule has 1 amide bonds. The van der Waals surface area contributed by atoms with E-state index in [1.54, 1.807) is 30.3 Å². The van der Waals surface area contributed by atoms with Crippen LogP contribution in [0.25, 0.3) is 17.3 Å². The molecule has 1 aliphatic heterocycles. The van der Waals surface area contributed by atoms with Gasteiger partial charge in [-0.1, -0.05) is 77.3 Å². The van der Waals surface area contributed by atoms with Crippen LogP contribution in [0.2, 0.25) is 15.1 Å². The first-order chi connectivity index (χ1) is 16.9. The van der Waals surface area contributed by atoms with Crippen LogP contribution in [0.5, 0.6) is 0 Å². The van der Waals surface area contributed by atoms with Gasteiger partial charge in [0, 0.05) is 22.3 Å². The lowest BCUT2D eigenvalue weighted by molar-refractivity contribution is -0.114. The van der Waals surface area contributed by atoms with Crippen LogP contribution in [-0.2, 0) is 11.3 Å². The Morgan fingerprint density at radius 1 is 0.914 bits per heavy atom. The van der Waals surface area contributed by atoms with Crippen LogP contribution < -0.4 is 5.01 Å². The molecule has 0 atom stereocenters. The average molecular weight is 522 g/mol. The van der Waals surface area contributed by atoms with Crippen molar-refractivity contribution in [2.45, 2.75) is 13.5 Å². The first kappa shape index (κ1) is 23.4. The highest BCUT2D eigenvalue weighted by Gasteiger charge is 2.29. The third-order valence-corrected chi connectivity index (χ3v) is 6.56. The van der Waals surface area contributed by atoms with Gasteiger partial charge in [0.15, 0.2) is 0 Å². The van der Waals surface area contributed by atoms with Crippen molar-refractivity contribution in [1.82, 2.24) is 9.78 Å². The minimum absolute atomic E-state index is 0.221. The molecule has 3 aromatic carbocycles. The van der Waals surface area contributed by atoms with E-state index in [0.29, 0.717) is 38.6 Å². The Hall–Kier alpha value is -3.38. The smallest absolute Gasteiger partial charge is 0.267 e. The molecule has 0 spiro atoms. The van der Waals surface area contributed by atoms with Gasteiger partial charge in [-0.3, -0.25) is 9.48 Å². The van der Waals surface area contributed by atoms with E-state index in [0.717, 1.165) is 22.4 Å². The molecule has 35 heavy (non-hydrogen) atoms. The number of benzene rings is 3. The predicted molar refractivity (Wildman–Crippen MR) is 143 cm³/mol. The van der Waals surface area contributed by atoms with Crippen molar-refractivity contribution < 1.29 is 4.79 Å². The van der Waals surface area contributed by atoms with Crippen LogP contribution in [0.1, 0.15) is 18.1 Å². The number of anilines is 1. The zero-order valence-corrected chi connectivity index (χ0v) is 20.9. The molecule has 1 aromatic heterocycles. The highest BCUT2D eigenvalue weighted by molar-refractivity contribution is 6.42. The van der Waals surface area contributed by atoms with Gasteiger partial charge in [0.2, 0.25) is 0 Å². The van der Waals surface area contributed by atoms with Gasteiger partial charge < -0.3 is 0 Å². The topological polar surface area (TPSA) is 50.5 Å². The Labute approximate surface area is 217 Å². The normalized spacial score (nSPS) is 14.6. The molecule has 174 valence electrons. The van der Waals surface area contributed by atoms with Gasteiger partial charge in [-0.15, -0.1) is 0 Å². The van der Waals surface area contributed by atoms with Crippen molar-refractivity contribution in [1.29, 1.82) is 0 Å². The number of halogens is 3. The highest BCUT2D eigenvalue weighted by Crippen LogP contribution is 2.30. The summed E-state index contributed by atoms with van der Waals surface area (Å²) in [6, 6.07) is 22.4. The minimum atomic E-state index is -0.221. The van der Waals surface area contributed by atoms with Crippen molar-refractivity contribution >= 4 is 58.2 Å². The molecular weight excluding hydrogens is 503 g/mol. The van der Waals surface area contributed by atoms with Crippen molar-refractivity contribution in [3.05, 3.63) is 111 Å². The van der Waals surface area contributed by atoms with Gasteiger partial charge in [0.1, 0.15) is 0 Å². The van der Waals surface area contributed by atoms with Crippen molar-refractivity contribution in [3.8, 4) is 11.3 Å². The van der Waals surface area contributed by atoms with Gasteiger partial charge >= 0.3 is 0 Å². The van der Waals surface area contributed by atoms with E-state index in [1.165, 1.54) is 5.01 Å². The second-order valence-corrected chi connectivity index (χ2v) is 9.34. The molecule has 0 radical (unpaired) electrons. The third kappa shape index (κ3) is 4.89. The van der Waals surface area contributed by atoms with Crippen LogP contribution in [0, 0.1) is 0 Å². The van der Waals surface area contributed by atoms with E-state index in [-0.39, 0.29) is 5.91 Å². The Kier molecular flexibility index (Phi) is 6.48. The molecule has 5 nitrogen and oxygen atoms in total. The first-order valence-electron chi connectivity index (χ1n) is 10.8. The van der Waals surface area contributed by atoms with Gasteiger partial charge in [-0.25, -0.2) is 0 Å². The molecule has 0 saturated heterocycles. The molecule has 8 heteroatoms. The third-order valence-electron chi connectivity index (χ3n) is 5.58. The van der Waals surface area contributed by atoms with Gasteiger partial charge in [-0.05, 0) is 48.9 Å². The zero-order chi connectivity index (χ0) is 24.5. The predicted octanol–water partition coefficient (Wildman–Crippen LogP) is 7.36. The largest absolute Gasteiger partial charge is 0.280 e. The fourth-order valence-corrected chi connectivity index (χ4v) is 4.40. The second-order valence-electron chi connectivity index (χ2n) is 8.09. The molecule has 1 aliphatic rings. The Bertz CT molecular complexity index is 1490. The summed E-state index contributed by atoms with van der Waals surface area (Å²) in [6.45, 7) is 2.31. The lowest BCUT2D eigenvalue weighted by Gasteiger charge is -2.11. The number of hydrogen-bond donors (Lipinski definition) is 0. The number of aromatic nitrogens is 2. The maximum absolute atomic E-state index is 13.3.